The Morgan fingerprint density at radius 1 is 1.10 bits per heavy atom. The van der Waals surface area contributed by atoms with E-state index in [0.29, 0.717) is 18.4 Å². The zero-order chi connectivity index (χ0) is 21.5. The van der Waals surface area contributed by atoms with Gasteiger partial charge in [-0.25, -0.2) is 0 Å². The zero-order valence-electron chi connectivity index (χ0n) is 18.5. The highest BCUT2D eigenvalue weighted by Gasteiger charge is 2.34. The van der Waals surface area contributed by atoms with Crippen molar-refractivity contribution in [3.63, 3.8) is 0 Å². The molecule has 0 saturated carbocycles. The van der Waals surface area contributed by atoms with Crippen molar-refractivity contribution in [3.8, 4) is 0 Å². The number of benzene rings is 1. The van der Waals surface area contributed by atoms with Crippen LogP contribution < -0.4 is 5.32 Å². The number of amides is 1. The lowest BCUT2D eigenvalue weighted by Gasteiger charge is -2.45. The molecule has 2 aliphatic heterocycles. The summed E-state index contributed by atoms with van der Waals surface area (Å²) in [5.41, 5.74) is 3.38. The van der Waals surface area contributed by atoms with E-state index in [4.69, 9.17) is 4.74 Å². The van der Waals surface area contributed by atoms with E-state index in [1.807, 2.05) is 36.7 Å². The lowest BCUT2D eigenvalue weighted by atomic mass is 9.86. The van der Waals surface area contributed by atoms with Crippen LogP contribution in [0.25, 0.3) is 0 Å². The first-order valence-electron chi connectivity index (χ1n) is 11.5. The standard InChI is InChI=1S/C25H34N4O2/c1-20-2-5-23(6-3-20)27-25(30)7-4-22-19-28(18-21-8-11-26-12-9-21)13-10-24(22)29-14-16-31-17-15-29/h2-3,5-6,8-9,11-12,22,24H,4,7,10,13-19H2,1H3,(H,27,30)/t22-,24+/m0/s1. The van der Waals surface area contributed by atoms with Crippen LogP contribution in [-0.2, 0) is 16.1 Å². The largest absolute Gasteiger partial charge is 0.379 e. The lowest BCUT2D eigenvalue weighted by molar-refractivity contribution is -0.116. The molecular weight excluding hydrogens is 388 g/mol. The number of morpholine rings is 1. The van der Waals surface area contributed by atoms with E-state index in [2.05, 4.69) is 39.2 Å². The van der Waals surface area contributed by atoms with E-state index >= 15 is 0 Å². The molecule has 0 bridgehead atoms. The number of hydrogen-bond donors (Lipinski definition) is 1. The van der Waals surface area contributed by atoms with Crippen LogP contribution in [0.2, 0.25) is 0 Å². The van der Waals surface area contributed by atoms with Crippen molar-refractivity contribution in [1.29, 1.82) is 0 Å². The SMILES string of the molecule is Cc1ccc(NC(=O)CC[C@H]2CN(Cc3ccncc3)CC[C@H]2N2CCOCC2)cc1. The molecule has 1 amide bonds. The van der Waals surface area contributed by atoms with Crippen LogP contribution in [0.3, 0.4) is 0 Å². The normalized spacial score (nSPS) is 22.9. The molecule has 0 unspecified atom stereocenters. The van der Waals surface area contributed by atoms with Gasteiger partial charge in [-0.2, -0.15) is 0 Å². The summed E-state index contributed by atoms with van der Waals surface area (Å²) in [7, 11) is 0. The van der Waals surface area contributed by atoms with Gasteiger partial charge in [-0.15, -0.1) is 0 Å². The minimum absolute atomic E-state index is 0.107. The van der Waals surface area contributed by atoms with Crippen molar-refractivity contribution < 1.29 is 9.53 Å². The predicted octanol–water partition coefficient (Wildman–Crippen LogP) is 3.33. The average molecular weight is 423 g/mol. The molecule has 2 aliphatic rings. The molecule has 0 spiro atoms. The quantitative estimate of drug-likeness (QED) is 0.742. The molecule has 1 aromatic carbocycles. The summed E-state index contributed by atoms with van der Waals surface area (Å²) in [6.07, 6.45) is 6.34. The summed E-state index contributed by atoms with van der Waals surface area (Å²) in [5.74, 6) is 0.591. The van der Waals surface area contributed by atoms with E-state index in [1.165, 1.54) is 11.1 Å². The number of hydrogen-bond acceptors (Lipinski definition) is 5. The van der Waals surface area contributed by atoms with Crippen molar-refractivity contribution in [3.05, 3.63) is 59.9 Å². The summed E-state index contributed by atoms with van der Waals surface area (Å²) >= 11 is 0. The van der Waals surface area contributed by atoms with Crippen LogP contribution in [0, 0.1) is 12.8 Å². The number of carbonyl (C=O) groups is 1. The van der Waals surface area contributed by atoms with Crippen LogP contribution in [0.5, 0.6) is 0 Å². The number of ether oxygens (including phenoxy) is 1. The summed E-state index contributed by atoms with van der Waals surface area (Å²) in [6.45, 7) is 8.76. The lowest BCUT2D eigenvalue weighted by Crippen LogP contribution is -2.53. The molecule has 4 rings (SSSR count). The first-order chi connectivity index (χ1) is 15.2. The Morgan fingerprint density at radius 3 is 2.58 bits per heavy atom. The minimum atomic E-state index is 0.107. The monoisotopic (exact) mass is 422 g/mol. The number of rotatable bonds is 7. The summed E-state index contributed by atoms with van der Waals surface area (Å²) in [6, 6.07) is 12.7. The van der Waals surface area contributed by atoms with Gasteiger partial charge in [0.05, 0.1) is 13.2 Å². The van der Waals surface area contributed by atoms with Crippen molar-refractivity contribution in [2.45, 2.75) is 38.8 Å². The zero-order valence-corrected chi connectivity index (χ0v) is 18.5. The third kappa shape index (κ3) is 6.35. The van der Waals surface area contributed by atoms with E-state index in [1.54, 1.807) is 0 Å². The molecule has 31 heavy (non-hydrogen) atoms. The van der Waals surface area contributed by atoms with E-state index in [9.17, 15) is 4.79 Å². The van der Waals surface area contributed by atoms with Crippen molar-refractivity contribution in [1.82, 2.24) is 14.8 Å². The van der Waals surface area contributed by atoms with Crippen LogP contribution in [0.4, 0.5) is 5.69 Å². The average Bonchev–Trinajstić information content (AvgIpc) is 2.81. The van der Waals surface area contributed by atoms with Crippen molar-refractivity contribution >= 4 is 11.6 Å². The van der Waals surface area contributed by atoms with E-state index in [0.717, 1.165) is 64.5 Å². The second-order valence-electron chi connectivity index (χ2n) is 8.81. The third-order valence-corrected chi connectivity index (χ3v) is 6.53. The fraction of sp³-hybridized carbons (Fsp3) is 0.520. The molecule has 0 aliphatic carbocycles. The number of aromatic nitrogens is 1. The van der Waals surface area contributed by atoms with Gasteiger partial charge in [-0.1, -0.05) is 17.7 Å². The van der Waals surface area contributed by atoms with Crippen LogP contribution >= 0.6 is 0 Å². The number of nitrogens with zero attached hydrogens (tertiary/aromatic N) is 3. The topological polar surface area (TPSA) is 57.7 Å². The molecule has 2 saturated heterocycles. The van der Waals surface area contributed by atoms with Crippen LogP contribution in [-0.4, -0.2) is 66.1 Å². The van der Waals surface area contributed by atoms with Gasteiger partial charge in [0, 0.05) is 56.7 Å². The number of aryl methyl sites for hydroxylation is 1. The highest BCUT2D eigenvalue weighted by molar-refractivity contribution is 5.90. The van der Waals surface area contributed by atoms with Gasteiger partial charge in [0.25, 0.3) is 0 Å². The number of pyridine rings is 1. The molecule has 2 aromatic rings. The van der Waals surface area contributed by atoms with Crippen LogP contribution in [0.1, 0.15) is 30.4 Å². The number of piperidine rings is 1. The minimum Gasteiger partial charge on any atom is -0.379 e. The first kappa shape index (κ1) is 21.9. The van der Waals surface area contributed by atoms with Crippen molar-refractivity contribution in [2.75, 3.05) is 44.7 Å². The summed E-state index contributed by atoms with van der Waals surface area (Å²) < 4.78 is 5.58. The Hall–Kier alpha value is -2.28. The van der Waals surface area contributed by atoms with Crippen LogP contribution in [0.15, 0.2) is 48.8 Å². The first-order valence-corrected chi connectivity index (χ1v) is 11.5. The molecule has 0 radical (unpaired) electrons. The van der Waals surface area contributed by atoms with Crippen molar-refractivity contribution in [2.24, 2.45) is 5.92 Å². The molecule has 3 heterocycles. The molecular formula is C25H34N4O2. The fourth-order valence-electron chi connectivity index (χ4n) is 4.84. The summed E-state index contributed by atoms with van der Waals surface area (Å²) in [4.78, 5) is 21.9. The Balaban J connectivity index is 1.36. The van der Waals surface area contributed by atoms with Gasteiger partial charge in [0.2, 0.25) is 5.91 Å². The van der Waals surface area contributed by atoms with E-state index in [-0.39, 0.29) is 5.91 Å². The van der Waals surface area contributed by atoms with Gasteiger partial charge in [0.15, 0.2) is 0 Å². The van der Waals surface area contributed by atoms with Gasteiger partial charge in [-0.3, -0.25) is 19.6 Å². The number of anilines is 1. The third-order valence-electron chi connectivity index (χ3n) is 6.53. The maximum atomic E-state index is 12.6. The molecule has 2 atom stereocenters. The molecule has 2 fully saturated rings. The Morgan fingerprint density at radius 2 is 1.84 bits per heavy atom. The molecule has 6 heteroatoms. The Labute approximate surface area is 185 Å². The maximum Gasteiger partial charge on any atom is 0.224 e. The molecule has 1 aromatic heterocycles. The molecule has 6 nitrogen and oxygen atoms in total. The van der Waals surface area contributed by atoms with Gasteiger partial charge < -0.3 is 10.1 Å². The van der Waals surface area contributed by atoms with Gasteiger partial charge >= 0.3 is 0 Å². The Kier molecular flexibility index (Phi) is 7.67. The molecule has 1 N–H and O–H groups in total. The van der Waals surface area contributed by atoms with E-state index < -0.39 is 0 Å². The predicted molar refractivity (Wildman–Crippen MR) is 123 cm³/mol. The summed E-state index contributed by atoms with van der Waals surface area (Å²) in [5, 5.41) is 3.06. The second kappa shape index (κ2) is 10.8. The highest BCUT2D eigenvalue weighted by atomic mass is 16.5. The molecule has 166 valence electrons. The van der Waals surface area contributed by atoms with Gasteiger partial charge in [-0.05, 0) is 62.1 Å². The second-order valence-corrected chi connectivity index (χ2v) is 8.81. The highest BCUT2D eigenvalue weighted by Crippen LogP contribution is 2.28. The fourth-order valence-corrected chi connectivity index (χ4v) is 4.84. The maximum absolute atomic E-state index is 12.6. The smallest absolute Gasteiger partial charge is 0.224 e. The number of likely N-dealkylation sites (tertiary alicyclic amines) is 1. The number of nitrogens with one attached hydrogen (secondary N) is 1. The van der Waals surface area contributed by atoms with Gasteiger partial charge in [0.1, 0.15) is 0 Å². The Bertz CT molecular complexity index is 821. The number of carbonyl (C=O) groups excluding carboxylic acids is 1.